The quantitative estimate of drug-likeness (QED) is 0.261. The minimum Gasteiger partial charge on any atom is -0.490 e. The summed E-state index contributed by atoms with van der Waals surface area (Å²) >= 11 is 6.38. The van der Waals surface area contributed by atoms with Crippen molar-refractivity contribution in [2.45, 2.75) is 19.6 Å². The van der Waals surface area contributed by atoms with Crippen LogP contribution in [0, 0.1) is 0 Å². The minimum atomic E-state index is -4.37. The molecule has 4 rings (SSSR count). The number of benzene rings is 3. The fourth-order valence-corrected chi connectivity index (χ4v) is 3.70. The van der Waals surface area contributed by atoms with Crippen LogP contribution in [0.2, 0.25) is 5.02 Å². The minimum absolute atomic E-state index is 0.301. The topological polar surface area (TPSA) is 36.3 Å². The van der Waals surface area contributed by atoms with E-state index in [9.17, 15) is 13.2 Å². The van der Waals surface area contributed by atoms with E-state index < -0.39 is 11.7 Å². The standard InChI is InChI=1S/C26H22ClF3N2O2/c1-2-33-25-17-23(19-6-4-3-5-7-19)31-32(25)14-15-34-24-13-10-20(16-22(24)27)18-8-11-21(12-9-18)26(28,29)30/h3-13,16-17H,2,14-15H2,1H3. The van der Waals surface area contributed by atoms with Crippen LogP contribution < -0.4 is 9.47 Å². The Morgan fingerprint density at radius 2 is 1.56 bits per heavy atom. The number of hydrogen-bond donors (Lipinski definition) is 0. The second-order valence-electron chi connectivity index (χ2n) is 7.46. The van der Waals surface area contributed by atoms with E-state index in [2.05, 4.69) is 5.10 Å². The van der Waals surface area contributed by atoms with Gasteiger partial charge in [-0.15, -0.1) is 0 Å². The number of ether oxygens (including phenoxy) is 2. The average Bonchev–Trinajstić information content (AvgIpc) is 3.23. The fourth-order valence-electron chi connectivity index (χ4n) is 3.47. The molecule has 1 aromatic heterocycles. The lowest BCUT2D eigenvalue weighted by Gasteiger charge is -2.12. The molecular weight excluding hydrogens is 465 g/mol. The number of nitrogens with zero attached hydrogens (tertiary/aromatic N) is 2. The molecule has 34 heavy (non-hydrogen) atoms. The molecule has 0 fully saturated rings. The Morgan fingerprint density at radius 3 is 2.21 bits per heavy atom. The van der Waals surface area contributed by atoms with Gasteiger partial charge in [-0.25, -0.2) is 4.68 Å². The first-order chi connectivity index (χ1) is 16.3. The average molecular weight is 487 g/mol. The summed E-state index contributed by atoms with van der Waals surface area (Å²) in [4.78, 5) is 0. The van der Waals surface area contributed by atoms with Crippen LogP contribution in [0.1, 0.15) is 12.5 Å². The van der Waals surface area contributed by atoms with Crippen LogP contribution in [0.3, 0.4) is 0 Å². The predicted molar refractivity (Wildman–Crippen MR) is 126 cm³/mol. The molecular formula is C26H22ClF3N2O2. The van der Waals surface area contributed by atoms with Crippen molar-refractivity contribution in [3.8, 4) is 34.0 Å². The van der Waals surface area contributed by atoms with E-state index in [-0.39, 0.29) is 0 Å². The van der Waals surface area contributed by atoms with Gasteiger partial charge < -0.3 is 9.47 Å². The van der Waals surface area contributed by atoms with Gasteiger partial charge in [0.2, 0.25) is 5.88 Å². The number of halogens is 4. The van der Waals surface area contributed by atoms with Gasteiger partial charge in [-0.3, -0.25) is 0 Å². The van der Waals surface area contributed by atoms with Crippen molar-refractivity contribution in [2.24, 2.45) is 0 Å². The number of alkyl halides is 3. The summed E-state index contributed by atoms with van der Waals surface area (Å²) in [5, 5.41) is 5.00. The van der Waals surface area contributed by atoms with Gasteiger partial charge in [-0.05, 0) is 42.3 Å². The molecule has 4 nitrogen and oxygen atoms in total. The Labute approximate surface area is 200 Å². The number of hydrogen-bond acceptors (Lipinski definition) is 3. The first-order valence-electron chi connectivity index (χ1n) is 10.7. The summed E-state index contributed by atoms with van der Waals surface area (Å²) in [6, 6.07) is 21.8. The first kappa shape index (κ1) is 23.7. The summed E-state index contributed by atoms with van der Waals surface area (Å²) < 4.78 is 51.7. The monoisotopic (exact) mass is 486 g/mol. The molecule has 0 N–H and O–H groups in total. The molecule has 8 heteroatoms. The Balaban J connectivity index is 1.43. The Kier molecular flexibility index (Phi) is 7.12. The van der Waals surface area contributed by atoms with Crippen LogP contribution >= 0.6 is 11.6 Å². The van der Waals surface area contributed by atoms with Gasteiger partial charge in [0, 0.05) is 11.6 Å². The van der Waals surface area contributed by atoms with Crippen LogP contribution in [-0.4, -0.2) is 23.0 Å². The zero-order valence-corrected chi connectivity index (χ0v) is 19.1. The third kappa shape index (κ3) is 5.54. The van der Waals surface area contributed by atoms with Crippen molar-refractivity contribution >= 4 is 11.6 Å². The maximum atomic E-state index is 12.8. The molecule has 0 saturated carbocycles. The molecule has 0 aliphatic heterocycles. The maximum Gasteiger partial charge on any atom is 0.416 e. The largest absolute Gasteiger partial charge is 0.490 e. The van der Waals surface area contributed by atoms with Gasteiger partial charge in [0.25, 0.3) is 0 Å². The molecule has 0 radical (unpaired) electrons. The van der Waals surface area contributed by atoms with E-state index in [1.807, 2.05) is 43.3 Å². The Hall–Kier alpha value is -3.45. The third-order valence-corrected chi connectivity index (χ3v) is 5.44. The molecule has 4 aromatic rings. The van der Waals surface area contributed by atoms with Gasteiger partial charge in [-0.2, -0.15) is 18.3 Å². The summed E-state index contributed by atoms with van der Waals surface area (Å²) in [6.45, 7) is 3.17. The molecule has 176 valence electrons. The molecule has 0 aliphatic carbocycles. The van der Waals surface area contributed by atoms with Crippen LogP contribution in [0.4, 0.5) is 13.2 Å². The highest BCUT2D eigenvalue weighted by Crippen LogP contribution is 2.34. The van der Waals surface area contributed by atoms with Crippen molar-refractivity contribution < 1.29 is 22.6 Å². The van der Waals surface area contributed by atoms with Crippen LogP contribution in [-0.2, 0) is 12.7 Å². The highest BCUT2D eigenvalue weighted by molar-refractivity contribution is 6.32. The van der Waals surface area contributed by atoms with E-state index in [0.29, 0.717) is 47.5 Å². The number of rotatable bonds is 8. The normalized spacial score (nSPS) is 11.4. The van der Waals surface area contributed by atoms with E-state index in [1.54, 1.807) is 22.9 Å². The lowest BCUT2D eigenvalue weighted by atomic mass is 10.0. The summed E-state index contributed by atoms with van der Waals surface area (Å²) in [5.74, 6) is 1.12. The highest BCUT2D eigenvalue weighted by Gasteiger charge is 2.30. The predicted octanol–water partition coefficient (Wildman–Crippen LogP) is 7.37. The van der Waals surface area contributed by atoms with E-state index in [4.69, 9.17) is 21.1 Å². The van der Waals surface area contributed by atoms with Crippen molar-refractivity contribution in [2.75, 3.05) is 13.2 Å². The zero-order valence-electron chi connectivity index (χ0n) is 18.3. The summed E-state index contributed by atoms with van der Waals surface area (Å²) in [6.07, 6.45) is -4.37. The van der Waals surface area contributed by atoms with Crippen LogP contribution in [0.5, 0.6) is 11.6 Å². The molecule has 0 saturated heterocycles. The van der Waals surface area contributed by atoms with Gasteiger partial charge in [0.15, 0.2) is 0 Å². The molecule has 0 bridgehead atoms. The highest BCUT2D eigenvalue weighted by atomic mass is 35.5. The van der Waals surface area contributed by atoms with Gasteiger partial charge in [0.05, 0.1) is 29.4 Å². The second-order valence-corrected chi connectivity index (χ2v) is 7.87. The lowest BCUT2D eigenvalue weighted by molar-refractivity contribution is -0.137. The molecule has 0 unspecified atom stereocenters. The molecule has 0 atom stereocenters. The molecule has 3 aromatic carbocycles. The van der Waals surface area contributed by atoms with E-state index in [1.165, 1.54) is 12.1 Å². The van der Waals surface area contributed by atoms with Gasteiger partial charge in [-0.1, -0.05) is 60.1 Å². The first-order valence-corrected chi connectivity index (χ1v) is 11.1. The van der Waals surface area contributed by atoms with Crippen molar-refractivity contribution in [1.29, 1.82) is 0 Å². The van der Waals surface area contributed by atoms with E-state index >= 15 is 0 Å². The van der Waals surface area contributed by atoms with Crippen LogP contribution in [0.15, 0.2) is 78.9 Å². The molecule has 1 heterocycles. The molecule has 0 spiro atoms. The van der Waals surface area contributed by atoms with Crippen LogP contribution in [0.25, 0.3) is 22.4 Å². The Bertz CT molecular complexity index is 1240. The third-order valence-electron chi connectivity index (χ3n) is 5.14. The number of aromatic nitrogens is 2. The molecule has 0 aliphatic rings. The zero-order chi connectivity index (χ0) is 24.1. The second kappa shape index (κ2) is 10.2. The SMILES string of the molecule is CCOc1cc(-c2ccccc2)nn1CCOc1ccc(-c2ccc(C(F)(F)F)cc2)cc1Cl. The van der Waals surface area contributed by atoms with Gasteiger partial charge in [0.1, 0.15) is 12.4 Å². The van der Waals surface area contributed by atoms with Gasteiger partial charge >= 0.3 is 6.18 Å². The van der Waals surface area contributed by atoms with Crippen molar-refractivity contribution in [3.05, 3.63) is 89.4 Å². The van der Waals surface area contributed by atoms with Crippen molar-refractivity contribution in [1.82, 2.24) is 9.78 Å². The smallest absolute Gasteiger partial charge is 0.416 e. The fraction of sp³-hybridized carbons (Fsp3) is 0.192. The lowest BCUT2D eigenvalue weighted by Crippen LogP contribution is -2.11. The summed E-state index contributed by atoms with van der Waals surface area (Å²) in [7, 11) is 0. The Morgan fingerprint density at radius 1 is 0.853 bits per heavy atom. The van der Waals surface area contributed by atoms with E-state index in [0.717, 1.165) is 23.4 Å². The molecule has 0 amide bonds. The summed E-state index contributed by atoms with van der Waals surface area (Å²) in [5.41, 5.74) is 2.44. The maximum absolute atomic E-state index is 12.8. The van der Waals surface area contributed by atoms with Crippen molar-refractivity contribution in [3.63, 3.8) is 0 Å².